The molecule has 3 aromatic carbocycles. The van der Waals surface area contributed by atoms with Crippen LogP contribution in [0.4, 0.5) is 5.69 Å². The number of ketones is 1. The van der Waals surface area contributed by atoms with Gasteiger partial charge in [-0.05, 0) is 42.0 Å². The zero-order valence-corrected chi connectivity index (χ0v) is 19.3. The molecule has 1 heterocycles. The molecule has 0 radical (unpaired) electrons. The maximum absolute atomic E-state index is 13.4. The van der Waals surface area contributed by atoms with E-state index in [1.54, 1.807) is 60.7 Å². The molecular weight excluding hydrogens is 448 g/mol. The number of benzene rings is 3. The highest BCUT2D eigenvalue weighted by molar-refractivity contribution is 6.01. The van der Waals surface area contributed by atoms with E-state index in [0.717, 1.165) is 0 Å². The number of carbonyl (C=O) groups excluding carboxylic acids is 2. The molecule has 3 aromatic rings. The van der Waals surface area contributed by atoms with Crippen LogP contribution >= 0.6 is 0 Å². The molecule has 1 N–H and O–H groups in total. The minimum atomic E-state index is -1.15. The van der Waals surface area contributed by atoms with Crippen molar-refractivity contribution in [1.82, 2.24) is 0 Å². The summed E-state index contributed by atoms with van der Waals surface area (Å²) in [6.07, 6.45) is -0.108. The predicted molar refractivity (Wildman–Crippen MR) is 128 cm³/mol. The van der Waals surface area contributed by atoms with Crippen LogP contribution in [0.1, 0.15) is 28.3 Å². The van der Waals surface area contributed by atoms with Gasteiger partial charge in [0.1, 0.15) is 17.4 Å². The third-order valence-corrected chi connectivity index (χ3v) is 5.80. The lowest BCUT2D eigenvalue weighted by atomic mass is 9.81. The standard InChI is InChI=1S/C27H24N2O6/c1-32-19-9-10-20(25(13-19)33-2)23(30)14-21(17-8-11-24-26(12-17)35-16-34-24)22(15-28)27(31)29-18-6-4-3-5-7-18/h3-13,21-22H,14,16H2,1-2H3,(H,29,31). The molecule has 0 aliphatic carbocycles. The van der Waals surface area contributed by atoms with Crippen LogP contribution in [-0.2, 0) is 4.79 Å². The quantitative estimate of drug-likeness (QED) is 0.455. The molecule has 8 nitrogen and oxygen atoms in total. The van der Waals surface area contributed by atoms with Crippen molar-refractivity contribution in [3.63, 3.8) is 0 Å². The van der Waals surface area contributed by atoms with Crippen LogP contribution in [-0.4, -0.2) is 32.7 Å². The first-order valence-corrected chi connectivity index (χ1v) is 10.9. The largest absolute Gasteiger partial charge is 0.497 e. The Labute approximate surface area is 203 Å². The Hall–Kier alpha value is -4.51. The zero-order valence-electron chi connectivity index (χ0n) is 19.3. The number of amides is 1. The number of para-hydroxylation sites is 1. The number of nitriles is 1. The molecular formula is C27H24N2O6. The van der Waals surface area contributed by atoms with E-state index in [2.05, 4.69) is 11.4 Å². The Morgan fingerprint density at radius 2 is 1.77 bits per heavy atom. The monoisotopic (exact) mass is 472 g/mol. The fourth-order valence-electron chi connectivity index (χ4n) is 3.98. The van der Waals surface area contributed by atoms with Crippen LogP contribution < -0.4 is 24.3 Å². The molecule has 0 aromatic heterocycles. The lowest BCUT2D eigenvalue weighted by Crippen LogP contribution is -2.28. The van der Waals surface area contributed by atoms with Gasteiger partial charge in [0.2, 0.25) is 12.7 Å². The number of fused-ring (bicyclic) bond motifs is 1. The summed E-state index contributed by atoms with van der Waals surface area (Å²) < 4.78 is 21.5. The maximum Gasteiger partial charge on any atom is 0.242 e. The van der Waals surface area contributed by atoms with Crippen molar-refractivity contribution < 1.29 is 28.5 Å². The zero-order chi connectivity index (χ0) is 24.8. The second-order valence-electron chi connectivity index (χ2n) is 7.87. The van der Waals surface area contributed by atoms with E-state index in [4.69, 9.17) is 18.9 Å². The average molecular weight is 472 g/mol. The lowest BCUT2D eigenvalue weighted by molar-refractivity contribution is -0.118. The SMILES string of the molecule is COc1ccc(C(=O)CC(c2ccc3c(c2)OCO3)C(C#N)C(=O)Nc2ccccc2)c(OC)c1. The van der Waals surface area contributed by atoms with Crippen molar-refractivity contribution >= 4 is 17.4 Å². The van der Waals surface area contributed by atoms with Gasteiger partial charge in [-0.2, -0.15) is 5.26 Å². The molecule has 178 valence electrons. The summed E-state index contributed by atoms with van der Waals surface area (Å²) in [7, 11) is 2.99. The number of hydrogen-bond acceptors (Lipinski definition) is 7. The summed E-state index contributed by atoms with van der Waals surface area (Å²) in [5.41, 5.74) is 1.51. The van der Waals surface area contributed by atoms with Crippen LogP contribution in [0.2, 0.25) is 0 Å². The molecule has 0 saturated carbocycles. The van der Waals surface area contributed by atoms with Crippen molar-refractivity contribution in [1.29, 1.82) is 5.26 Å². The van der Waals surface area contributed by atoms with Gasteiger partial charge >= 0.3 is 0 Å². The van der Waals surface area contributed by atoms with Gasteiger partial charge in [-0.15, -0.1) is 0 Å². The van der Waals surface area contributed by atoms with E-state index in [-0.39, 0.29) is 19.0 Å². The maximum atomic E-state index is 13.4. The normalized spacial score (nSPS) is 13.3. The Morgan fingerprint density at radius 3 is 2.49 bits per heavy atom. The number of nitrogens with one attached hydrogen (secondary N) is 1. The van der Waals surface area contributed by atoms with Crippen molar-refractivity contribution in [2.75, 3.05) is 26.3 Å². The van der Waals surface area contributed by atoms with Crippen molar-refractivity contribution in [3.05, 3.63) is 77.9 Å². The van der Waals surface area contributed by atoms with Crippen LogP contribution in [0.5, 0.6) is 23.0 Å². The van der Waals surface area contributed by atoms with Gasteiger partial charge in [-0.3, -0.25) is 9.59 Å². The Bertz CT molecular complexity index is 1270. The molecule has 0 fully saturated rings. The number of ether oxygens (including phenoxy) is 4. The molecule has 1 aliphatic heterocycles. The highest BCUT2D eigenvalue weighted by Crippen LogP contribution is 2.39. The van der Waals surface area contributed by atoms with Crippen LogP contribution in [0.25, 0.3) is 0 Å². The number of methoxy groups -OCH3 is 2. The van der Waals surface area contributed by atoms with E-state index >= 15 is 0 Å². The summed E-state index contributed by atoms with van der Waals surface area (Å²) >= 11 is 0. The van der Waals surface area contributed by atoms with Crippen molar-refractivity contribution in [2.45, 2.75) is 12.3 Å². The van der Waals surface area contributed by atoms with Gasteiger partial charge in [0.15, 0.2) is 17.3 Å². The predicted octanol–water partition coefficient (Wildman–Crippen LogP) is 4.57. The molecule has 0 saturated heterocycles. The number of hydrogen-bond donors (Lipinski definition) is 1. The number of carbonyl (C=O) groups is 2. The first kappa shape index (κ1) is 23.6. The molecule has 2 atom stereocenters. The fraction of sp³-hybridized carbons (Fsp3) is 0.222. The third kappa shape index (κ3) is 5.20. The Morgan fingerprint density at radius 1 is 1.00 bits per heavy atom. The molecule has 4 rings (SSSR count). The molecule has 2 unspecified atom stereocenters. The minimum absolute atomic E-state index is 0.0849. The van der Waals surface area contributed by atoms with Crippen LogP contribution in [0, 0.1) is 17.2 Å². The molecule has 8 heteroatoms. The number of rotatable bonds is 9. The molecule has 35 heavy (non-hydrogen) atoms. The summed E-state index contributed by atoms with van der Waals surface area (Å²) in [4.78, 5) is 26.6. The van der Waals surface area contributed by atoms with E-state index in [1.807, 2.05) is 6.07 Å². The highest BCUT2D eigenvalue weighted by atomic mass is 16.7. The number of nitrogens with zero attached hydrogens (tertiary/aromatic N) is 1. The molecule has 0 bridgehead atoms. The average Bonchev–Trinajstić information content (AvgIpc) is 3.36. The lowest BCUT2D eigenvalue weighted by Gasteiger charge is -2.22. The van der Waals surface area contributed by atoms with Gasteiger partial charge in [-0.1, -0.05) is 24.3 Å². The van der Waals surface area contributed by atoms with Crippen molar-refractivity contribution in [3.8, 4) is 29.1 Å². The first-order chi connectivity index (χ1) is 17.0. The van der Waals surface area contributed by atoms with Gasteiger partial charge < -0.3 is 24.3 Å². The second-order valence-corrected chi connectivity index (χ2v) is 7.87. The third-order valence-electron chi connectivity index (χ3n) is 5.80. The van der Waals surface area contributed by atoms with Gasteiger partial charge in [0.05, 0.1) is 25.9 Å². The fourth-order valence-corrected chi connectivity index (χ4v) is 3.98. The Kier molecular flexibility index (Phi) is 7.17. The van der Waals surface area contributed by atoms with Gasteiger partial charge in [0.25, 0.3) is 0 Å². The summed E-state index contributed by atoms with van der Waals surface area (Å²) in [6, 6.07) is 21.0. The van der Waals surface area contributed by atoms with E-state index in [1.165, 1.54) is 14.2 Å². The Balaban J connectivity index is 1.68. The van der Waals surface area contributed by atoms with Gasteiger partial charge in [0, 0.05) is 24.1 Å². The van der Waals surface area contributed by atoms with Crippen LogP contribution in [0.3, 0.4) is 0 Å². The van der Waals surface area contributed by atoms with E-state index in [9.17, 15) is 14.9 Å². The van der Waals surface area contributed by atoms with E-state index < -0.39 is 17.7 Å². The van der Waals surface area contributed by atoms with Gasteiger partial charge in [-0.25, -0.2) is 0 Å². The summed E-state index contributed by atoms with van der Waals surface area (Å²) in [6.45, 7) is 0.0849. The molecule has 1 amide bonds. The molecule has 0 spiro atoms. The topological polar surface area (TPSA) is 107 Å². The van der Waals surface area contributed by atoms with Crippen LogP contribution in [0.15, 0.2) is 66.7 Å². The minimum Gasteiger partial charge on any atom is -0.497 e. The smallest absolute Gasteiger partial charge is 0.242 e. The number of anilines is 1. The molecule has 1 aliphatic rings. The van der Waals surface area contributed by atoms with Crippen molar-refractivity contribution in [2.24, 2.45) is 5.92 Å². The first-order valence-electron chi connectivity index (χ1n) is 10.9. The van der Waals surface area contributed by atoms with E-state index in [0.29, 0.717) is 39.8 Å². The highest BCUT2D eigenvalue weighted by Gasteiger charge is 2.33. The summed E-state index contributed by atoms with van der Waals surface area (Å²) in [5, 5.41) is 12.8. The number of Topliss-reactive ketones (excluding diaryl/α,β-unsaturated/α-hetero) is 1. The summed E-state index contributed by atoms with van der Waals surface area (Å²) in [5.74, 6) is -0.721. The second kappa shape index (κ2) is 10.6.